The van der Waals surface area contributed by atoms with Crippen LogP contribution in [0.4, 0.5) is 18.9 Å². The summed E-state index contributed by atoms with van der Waals surface area (Å²) in [5.74, 6) is -0.627. The molecule has 0 saturated heterocycles. The number of aromatic nitrogens is 1. The summed E-state index contributed by atoms with van der Waals surface area (Å²) in [4.78, 5) is 3.54. The van der Waals surface area contributed by atoms with Crippen molar-refractivity contribution in [2.45, 2.75) is 13.3 Å². The SMILES string of the molecule is Cc1nc(OC(F)(F)F)c(N)cc1Br. The Morgan fingerprint density at radius 1 is 1.50 bits per heavy atom. The van der Waals surface area contributed by atoms with Crippen LogP contribution >= 0.6 is 15.9 Å². The molecule has 0 amide bonds. The van der Waals surface area contributed by atoms with Crippen LogP contribution in [0.3, 0.4) is 0 Å². The second-order valence-electron chi connectivity index (χ2n) is 2.50. The largest absolute Gasteiger partial charge is 0.574 e. The minimum atomic E-state index is -4.78. The molecule has 0 saturated carbocycles. The molecule has 0 spiro atoms. The van der Waals surface area contributed by atoms with Gasteiger partial charge in [0.25, 0.3) is 0 Å². The number of aryl methyl sites for hydroxylation is 1. The summed E-state index contributed by atoms with van der Waals surface area (Å²) in [7, 11) is 0. The van der Waals surface area contributed by atoms with Crippen LogP contribution in [-0.4, -0.2) is 11.3 Å². The highest BCUT2D eigenvalue weighted by molar-refractivity contribution is 9.10. The highest BCUT2D eigenvalue weighted by Crippen LogP contribution is 2.29. The molecule has 0 fully saturated rings. The van der Waals surface area contributed by atoms with Crippen LogP contribution in [-0.2, 0) is 0 Å². The fraction of sp³-hybridized carbons (Fsp3) is 0.286. The normalized spacial score (nSPS) is 11.5. The Morgan fingerprint density at radius 3 is 2.57 bits per heavy atom. The summed E-state index contributed by atoms with van der Waals surface area (Å²) >= 11 is 3.08. The molecule has 3 nitrogen and oxygen atoms in total. The zero-order valence-corrected chi connectivity index (χ0v) is 8.61. The lowest BCUT2D eigenvalue weighted by molar-refractivity contribution is -0.275. The van der Waals surface area contributed by atoms with Gasteiger partial charge in [0.2, 0.25) is 5.88 Å². The van der Waals surface area contributed by atoms with Gasteiger partial charge >= 0.3 is 6.36 Å². The van der Waals surface area contributed by atoms with Gasteiger partial charge in [0.1, 0.15) is 0 Å². The number of rotatable bonds is 1. The maximum atomic E-state index is 11.8. The maximum Gasteiger partial charge on any atom is 0.574 e. The topological polar surface area (TPSA) is 48.1 Å². The van der Waals surface area contributed by atoms with Gasteiger partial charge in [-0.25, -0.2) is 4.98 Å². The minimum Gasteiger partial charge on any atom is -0.394 e. The molecule has 14 heavy (non-hydrogen) atoms. The lowest BCUT2D eigenvalue weighted by Gasteiger charge is -2.10. The third-order valence-corrected chi connectivity index (χ3v) is 2.16. The Balaban J connectivity index is 3.04. The van der Waals surface area contributed by atoms with E-state index in [0.717, 1.165) is 0 Å². The first kappa shape index (κ1) is 11.1. The van der Waals surface area contributed by atoms with Crippen molar-refractivity contribution < 1.29 is 17.9 Å². The highest BCUT2D eigenvalue weighted by atomic mass is 79.9. The third kappa shape index (κ3) is 2.76. The number of hydrogen-bond donors (Lipinski definition) is 1. The van der Waals surface area contributed by atoms with Gasteiger partial charge in [-0.2, -0.15) is 0 Å². The van der Waals surface area contributed by atoms with E-state index in [1.54, 1.807) is 0 Å². The minimum absolute atomic E-state index is 0.167. The van der Waals surface area contributed by atoms with Gasteiger partial charge in [-0.15, -0.1) is 13.2 Å². The average Bonchev–Trinajstić information content (AvgIpc) is 1.97. The van der Waals surface area contributed by atoms with Crippen molar-refractivity contribution in [2.24, 2.45) is 0 Å². The molecule has 0 aliphatic rings. The second-order valence-corrected chi connectivity index (χ2v) is 3.35. The van der Waals surface area contributed by atoms with E-state index >= 15 is 0 Å². The van der Waals surface area contributed by atoms with E-state index in [1.165, 1.54) is 13.0 Å². The standard InChI is InChI=1S/C7H6BrF3N2O/c1-3-4(8)2-5(12)6(13-3)14-7(9,10)11/h2H,12H2,1H3. The first-order chi connectivity index (χ1) is 6.29. The van der Waals surface area contributed by atoms with Gasteiger partial charge in [0.15, 0.2) is 0 Å². The zero-order chi connectivity index (χ0) is 10.9. The quantitative estimate of drug-likeness (QED) is 0.854. The van der Waals surface area contributed by atoms with Crippen LogP contribution in [0.2, 0.25) is 0 Å². The molecule has 7 heteroatoms. The maximum absolute atomic E-state index is 11.8. The number of nitrogen functional groups attached to an aromatic ring is 1. The summed E-state index contributed by atoms with van der Waals surface area (Å²) < 4.78 is 39.6. The Hall–Kier alpha value is -0.980. The zero-order valence-electron chi connectivity index (χ0n) is 7.02. The molecule has 0 radical (unpaired) electrons. The first-order valence-electron chi connectivity index (χ1n) is 3.48. The van der Waals surface area contributed by atoms with Crippen molar-refractivity contribution in [1.29, 1.82) is 0 Å². The van der Waals surface area contributed by atoms with Crippen molar-refractivity contribution in [2.75, 3.05) is 5.73 Å². The number of nitrogens with zero attached hydrogens (tertiary/aromatic N) is 1. The van der Waals surface area contributed by atoms with Crippen molar-refractivity contribution in [3.8, 4) is 5.88 Å². The Labute approximate surface area is 86.2 Å². The Kier molecular flexibility index (Phi) is 2.89. The van der Waals surface area contributed by atoms with E-state index in [9.17, 15) is 13.2 Å². The summed E-state index contributed by atoms with van der Waals surface area (Å²) in [6.45, 7) is 1.53. The molecule has 1 aromatic rings. The van der Waals surface area contributed by atoms with Crippen LogP contribution in [0, 0.1) is 6.92 Å². The first-order valence-corrected chi connectivity index (χ1v) is 4.27. The molecule has 0 aromatic carbocycles. The number of pyridine rings is 1. The number of alkyl halides is 3. The Morgan fingerprint density at radius 2 is 2.07 bits per heavy atom. The van der Waals surface area contributed by atoms with Crippen LogP contribution in [0.5, 0.6) is 5.88 Å². The molecular formula is C7H6BrF3N2O. The molecule has 1 rings (SSSR count). The lowest BCUT2D eigenvalue weighted by Crippen LogP contribution is -2.19. The molecule has 0 unspecified atom stereocenters. The molecule has 0 aliphatic carbocycles. The predicted molar refractivity (Wildman–Crippen MR) is 47.8 cm³/mol. The molecule has 2 N–H and O–H groups in total. The number of ether oxygens (including phenoxy) is 1. The monoisotopic (exact) mass is 270 g/mol. The van der Waals surface area contributed by atoms with E-state index in [4.69, 9.17) is 5.73 Å². The van der Waals surface area contributed by atoms with Gasteiger partial charge < -0.3 is 10.5 Å². The van der Waals surface area contributed by atoms with E-state index in [2.05, 4.69) is 25.7 Å². The number of hydrogen-bond acceptors (Lipinski definition) is 3. The van der Waals surface area contributed by atoms with Gasteiger partial charge in [-0.1, -0.05) is 0 Å². The van der Waals surface area contributed by atoms with Crippen molar-refractivity contribution in [3.05, 3.63) is 16.2 Å². The van der Waals surface area contributed by atoms with Gasteiger partial charge in [-0.05, 0) is 28.9 Å². The number of halogens is 4. The van der Waals surface area contributed by atoms with Gasteiger partial charge in [-0.3, -0.25) is 0 Å². The molecule has 0 atom stereocenters. The highest BCUT2D eigenvalue weighted by Gasteiger charge is 2.32. The van der Waals surface area contributed by atoms with Crippen molar-refractivity contribution in [3.63, 3.8) is 0 Å². The number of nitrogens with two attached hydrogens (primary N) is 1. The van der Waals surface area contributed by atoms with Crippen molar-refractivity contribution in [1.82, 2.24) is 4.98 Å². The molecule has 0 bridgehead atoms. The molecular weight excluding hydrogens is 265 g/mol. The summed E-state index contributed by atoms with van der Waals surface area (Å²) in [6, 6.07) is 1.31. The summed E-state index contributed by atoms with van der Waals surface area (Å²) in [5, 5.41) is 0. The molecule has 78 valence electrons. The summed E-state index contributed by atoms with van der Waals surface area (Å²) in [6.07, 6.45) is -4.78. The fourth-order valence-corrected chi connectivity index (χ4v) is 1.10. The van der Waals surface area contributed by atoms with E-state index in [-0.39, 0.29) is 5.69 Å². The molecule has 1 aromatic heterocycles. The summed E-state index contributed by atoms with van der Waals surface area (Å²) in [5.41, 5.74) is 5.49. The molecule has 1 heterocycles. The number of anilines is 1. The van der Waals surface area contributed by atoms with E-state index < -0.39 is 12.2 Å². The van der Waals surface area contributed by atoms with Crippen LogP contribution < -0.4 is 10.5 Å². The van der Waals surface area contributed by atoms with Crippen LogP contribution in [0.1, 0.15) is 5.69 Å². The van der Waals surface area contributed by atoms with Crippen LogP contribution in [0.25, 0.3) is 0 Å². The smallest absolute Gasteiger partial charge is 0.394 e. The van der Waals surface area contributed by atoms with E-state index in [1.807, 2.05) is 0 Å². The lowest BCUT2D eigenvalue weighted by atomic mass is 10.3. The fourth-order valence-electron chi connectivity index (χ4n) is 0.764. The van der Waals surface area contributed by atoms with Crippen molar-refractivity contribution >= 4 is 21.6 Å². The second kappa shape index (κ2) is 3.64. The van der Waals surface area contributed by atoms with Gasteiger partial charge in [0, 0.05) is 4.47 Å². The predicted octanol–water partition coefficient (Wildman–Crippen LogP) is 2.63. The van der Waals surface area contributed by atoms with Crippen LogP contribution in [0.15, 0.2) is 10.5 Å². The van der Waals surface area contributed by atoms with E-state index in [0.29, 0.717) is 10.2 Å². The Bertz CT molecular complexity index is 354. The van der Waals surface area contributed by atoms with Gasteiger partial charge in [0.05, 0.1) is 11.4 Å². The average molecular weight is 271 g/mol. The third-order valence-electron chi connectivity index (χ3n) is 1.36. The molecule has 0 aliphatic heterocycles.